The summed E-state index contributed by atoms with van der Waals surface area (Å²) in [5, 5.41) is 0. The molecule has 0 radical (unpaired) electrons. The fourth-order valence-corrected chi connectivity index (χ4v) is 2.71. The Hall–Kier alpha value is -0.870. The van der Waals surface area contributed by atoms with Gasteiger partial charge in [0, 0.05) is 0 Å². The molecule has 0 saturated carbocycles. The number of hydrogen-bond acceptors (Lipinski definition) is 2. The zero-order chi connectivity index (χ0) is 11.3. The maximum absolute atomic E-state index is 10.9. The summed E-state index contributed by atoms with van der Waals surface area (Å²) in [6, 6.07) is 4.87. The highest BCUT2D eigenvalue weighted by molar-refractivity contribution is 7.85. The van der Waals surface area contributed by atoms with Crippen molar-refractivity contribution in [3.63, 3.8) is 0 Å². The lowest BCUT2D eigenvalue weighted by Crippen LogP contribution is -2.11. The van der Waals surface area contributed by atoms with E-state index < -0.39 is 10.1 Å². The highest BCUT2D eigenvalue weighted by atomic mass is 32.2. The van der Waals surface area contributed by atoms with Crippen LogP contribution in [0.25, 0.3) is 0 Å². The van der Waals surface area contributed by atoms with Crippen LogP contribution in [0, 0.1) is 0 Å². The van der Waals surface area contributed by atoms with E-state index in [0.29, 0.717) is 0 Å². The van der Waals surface area contributed by atoms with Crippen molar-refractivity contribution in [2.24, 2.45) is 0 Å². The number of benzene rings is 1. The lowest BCUT2D eigenvalue weighted by Gasteiger charge is -2.18. The molecular formula is C11H14O3S. The van der Waals surface area contributed by atoms with E-state index in [1.54, 1.807) is 6.07 Å². The van der Waals surface area contributed by atoms with Gasteiger partial charge in [0.1, 0.15) is 0 Å². The largest absolute Gasteiger partial charge is 0.294 e. The zero-order valence-electron chi connectivity index (χ0n) is 8.82. The number of aryl methyl sites for hydroxylation is 1. The van der Waals surface area contributed by atoms with Crippen LogP contribution in [-0.4, -0.2) is 13.0 Å². The average molecular weight is 226 g/mol. The Labute approximate surface area is 89.9 Å². The standard InChI is InChI=1S/C11H14O3S/c1-11(2)6-5-8-7-9(15(12,13)14)3-4-10(8)11/h3-4,7H,5-6H2,1-2H3,(H,12,13,14). The number of rotatable bonds is 1. The fourth-order valence-electron chi connectivity index (χ4n) is 2.18. The summed E-state index contributed by atoms with van der Waals surface area (Å²) in [7, 11) is -4.06. The van der Waals surface area contributed by atoms with E-state index >= 15 is 0 Å². The fraction of sp³-hybridized carbons (Fsp3) is 0.455. The van der Waals surface area contributed by atoms with Gasteiger partial charge in [-0.05, 0) is 41.5 Å². The van der Waals surface area contributed by atoms with Crippen molar-refractivity contribution in [3.05, 3.63) is 29.3 Å². The van der Waals surface area contributed by atoms with Crippen LogP contribution in [0.3, 0.4) is 0 Å². The van der Waals surface area contributed by atoms with Crippen molar-refractivity contribution in [2.75, 3.05) is 0 Å². The Morgan fingerprint density at radius 3 is 2.60 bits per heavy atom. The molecule has 3 nitrogen and oxygen atoms in total. The second-order valence-corrected chi connectivity index (χ2v) is 6.10. The highest BCUT2D eigenvalue weighted by Gasteiger charge is 2.30. The molecule has 2 rings (SSSR count). The van der Waals surface area contributed by atoms with Crippen molar-refractivity contribution in [1.82, 2.24) is 0 Å². The summed E-state index contributed by atoms with van der Waals surface area (Å²) in [6.07, 6.45) is 1.91. The molecule has 0 aliphatic heterocycles. The molecule has 0 bridgehead atoms. The highest BCUT2D eigenvalue weighted by Crippen LogP contribution is 2.38. The van der Waals surface area contributed by atoms with E-state index in [-0.39, 0.29) is 10.3 Å². The summed E-state index contributed by atoms with van der Waals surface area (Å²) in [5.74, 6) is 0. The first-order chi connectivity index (χ1) is 6.81. The van der Waals surface area contributed by atoms with Gasteiger partial charge in [0.05, 0.1) is 4.90 Å². The molecule has 0 spiro atoms. The summed E-state index contributed by atoms with van der Waals surface area (Å²) in [6.45, 7) is 4.29. The second kappa shape index (κ2) is 3.06. The van der Waals surface area contributed by atoms with Gasteiger partial charge in [-0.1, -0.05) is 19.9 Å². The van der Waals surface area contributed by atoms with E-state index in [4.69, 9.17) is 4.55 Å². The zero-order valence-corrected chi connectivity index (χ0v) is 9.63. The van der Waals surface area contributed by atoms with E-state index in [2.05, 4.69) is 13.8 Å². The summed E-state index contributed by atoms with van der Waals surface area (Å²) in [4.78, 5) is -0.000972. The maximum Gasteiger partial charge on any atom is 0.294 e. The lowest BCUT2D eigenvalue weighted by molar-refractivity contribution is 0.483. The predicted molar refractivity (Wildman–Crippen MR) is 57.6 cm³/mol. The molecule has 15 heavy (non-hydrogen) atoms. The van der Waals surface area contributed by atoms with Crippen LogP contribution < -0.4 is 0 Å². The molecule has 1 N–H and O–H groups in total. The van der Waals surface area contributed by atoms with Gasteiger partial charge in [-0.25, -0.2) is 0 Å². The van der Waals surface area contributed by atoms with Gasteiger partial charge in [0.15, 0.2) is 0 Å². The van der Waals surface area contributed by atoms with E-state index in [1.165, 1.54) is 11.6 Å². The molecule has 82 valence electrons. The molecule has 0 aromatic heterocycles. The van der Waals surface area contributed by atoms with E-state index in [1.807, 2.05) is 6.07 Å². The molecule has 0 saturated heterocycles. The topological polar surface area (TPSA) is 54.4 Å². The Kier molecular flexibility index (Phi) is 2.17. The number of fused-ring (bicyclic) bond motifs is 1. The van der Waals surface area contributed by atoms with Crippen molar-refractivity contribution in [1.29, 1.82) is 0 Å². The molecule has 1 aromatic rings. The first kappa shape index (κ1) is 10.6. The molecule has 0 amide bonds. The minimum Gasteiger partial charge on any atom is -0.282 e. The Morgan fingerprint density at radius 2 is 2.00 bits per heavy atom. The van der Waals surface area contributed by atoms with Crippen LogP contribution in [-0.2, 0) is 22.0 Å². The third-order valence-corrected chi connectivity index (χ3v) is 3.97. The Balaban J connectivity index is 2.56. The third-order valence-electron chi connectivity index (χ3n) is 3.12. The predicted octanol–water partition coefficient (Wildman–Crippen LogP) is 2.16. The first-order valence-corrected chi connectivity index (χ1v) is 6.36. The minimum atomic E-state index is -4.06. The van der Waals surface area contributed by atoms with Crippen LogP contribution in [0.1, 0.15) is 31.4 Å². The van der Waals surface area contributed by atoms with Crippen LogP contribution in [0.15, 0.2) is 23.1 Å². The molecule has 1 aromatic carbocycles. The summed E-state index contributed by atoms with van der Waals surface area (Å²) in [5.41, 5.74) is 2.35. The van der Waals surface area contributed by atoms with Crippen molar-refractivity contribution in [2.45, 2.75) is 37.0 Å². The van der Waals surface area contributed by atoms with E-state index in [0.717, 1.165) is 18.4 Å². The summed E-state index contributed by atoms with van der Waals surface area (Å²) < 4.78 is 30.8. The van der Waals surface area contributed by atoms with Gasteiger partial charge in [-0.15, -0.1) is 0 Å². The van der Waals surface area contributed by atoms with Gasteiger partial charge in [0.25, 0.3) is 10.1 Å². The van der Waals surface area contributed by atoms with Crippen LogP contribution >= 0.6 is 0 Å². The van der Waals surface area contributed by atoms with Crippen molar-refractivity contribution < 1.29 is 13.0 Å². The molecule has 0 fully saturated rings. The molecule has 1 aliphatic rings. The van der Waals surface area contributed by atoms with Crippen LogP contribution in [0.2, 0.25) is 0 Å². The Bertz CT molecular complexity index is 501. The summed E-state index contributed by atoms with van der Waals surface area (Å²) >= 11 is 0. The minimum absolute atomic E-state index is 0.000972. The molecule has 0 heterocycles. The quantitative estimate of drug-likeness (QED) is 0.746. The number of hydrogen-bond donors (Lipinski definition) is 1. The van der Waals surface area contributed by atoms with Crippen molar-refractivity contribution >= 4 is 10.1 Å². The monoisotopic (exact) mass is 226 g/mol. The van der Waals surface area contributed by atoms with Crippen molar-refractivity contribution in [3.8, 4) is 0 Å². The van der Waals surface area contributed by atoms with Gasteiger partial charge >= 0.3 is 0 Å². The normalized spacial score (nSPS) is 18.9. The Morgan fingerprint density at radius 1 is 1.33 bits per heavy atom. The van der Waals surface area contributed by atoms with Crippen LogP contribution in [0.5, 0.6) is 0 Å². The third kappa shape index (κ3) is 1.79. The van der Waals surface area contributed by atoms with Gasteiger partial charge in [-0.2, -0.15) is 8.42 Å². The molecule has 4 heteroatoms. The lowest BCUT2D eigenvalue weighted by atomic mass is 9.87. The smallest absolute Gasteiger partial charge is 0.282 e. The van der Waals surface area contributed by atoms with Gasteiger partial charge < -0.3 is 0 Å². The van der Waals surface area contributed by atoms with Crippen LogP contribution in [0.4, 0.5) is 0 Å². The first-order valence-electron chi connectivity index (χ1n) is 4.92. The molecule has 0 unspecified atom stereocenters. The molecular weight excluding hydrogens is 212 g/mol. The molecule has 0 atom stereocenters. The van der Waals surface area contributed by atoms with Gasteiger partial charge in [0.2, 0.25) is 0 Å². The second-order valence-electron chi connectivity index (χ2n) is 4.68. The van der Waals surface area contributed by atoms with E-state index in [9.17, 15) is 8.42 Å². The maximum atomic E-state index is 10.9. The molecule has 1 aliphatic carbocycles. The SMILES string of the molecule is CC1(C)CCc2cc(S(=O)(=O)O)ccc21. The van der Waals surface area contributed by atoms with Gasteiger partial charge in [-0.3, -0.25) is 4.55 Å². The average Bonchev–Trinajstić information content (AvgIpc) is 2.41.